The zero-order valence-electron chi connectivity index (χ0n) is 15.5. The summed E-state index contributed by atoms with van der Waals surface area (Å²) in [4.78, 5) is 12.7. The fourth-order valence-corrected chi connectivity index (χ4v) is 4.08. The van der Waals surface area contributed by atoms with Crippen LogP contribution in [-0.2, 0) is 6.42 Å². The molecule has 5 rings (SSSR count). The van der Waals surface area contributed by atoms with E-state index in [2.05, 4.69) is 48.7 Å². The lowest BCUT2D eigenvalue weighted by atomic mass is 9.88. The molecule has 0 amide bonds. The number of aryl methyl sites for hydroxylation is 1. The molecule has 0 N–H and O–H groups in total. The summed E-state index contributed by atoms with van der Waals surface area (Å²) in [5, 5.41) is 0. The summed E-state index contributed by atoms with van der Waals surface area (Å²) in [5.41, 5.74) is 6.30. The highest BCUT2D eigenvalue weighted by atomic mass is 16.7. The van der Waals surface area contributed by atoms with Gasteiger partial charge in [0.05, 0.1) is 5.69 Å². The molecule has 0 radical (unpaired) electrons. The Hall–Kier alpha value is -3.01. The van der Waals surface area contributed by atoms with Gasteiger partial charge in [-0.1, -0.05) is 36.8 Å². The quantitative estimate of drug-likeness (QED) is 0.650. The van der Waals surface area contributed by atoms with Crippen LogP contribution in [0.4, 0.5) is 0 Å². The fourth-order valence-electron chi connectivity index (χ4n) is 4.08. The van der Waals surface area contributed by atoms with Crippen molar-refractivity contribution in [2.24, 2.45) is 5.92 Å². The molecule has 136 valence electrons. The molecule has 1 atom stereocenters. The molecule has 2 aliphatic rings. The predicted molar refractivity (Wildman–Crippen MR) is 104 cm³/mol. The number of nitrogens with zero attached hydrogens (tertiary/aromatic N) is 1. The highest BCUT2D eigenvalue weighted by Crippen LogP contribution is 2.39. The summed E-state index contributed by atoms with van der Waals surface area (Å²) >= 11 is 0. The van der Waals surface area contributed by atoms with Crippen LogP contribution in [0.5, 0.6) is 11.5 Å². The van der Waals surface area contributed by atoms with Crippen molar-refractivity contribution in [3.05, 3.63) is 65.4 Å². The summed E-state index contributed by atoms with van der Waals surface area (Å²) in [6.45, 7) is 4.48. The second-order valence-electron chi connectivity index (χ2n) is 7.57. The Balaban J connectivity index is 1.75. The molecule has 0 saturated carbocycles. The number of carbonyl (C=O) groups is 1. The van der Waals surface area contributed by atoms with Crippen LogP contribution in [-0.4, -0.2) is 17.1 Å². The SMILES string of the molecule is Cc1ccc(-c2cc3c(n2-c2ccc4c(c2)OCO4)C[C@@H](C)CC3=O)cc1. The number of rotatable bonds is 2. The minimum atomic E-state index is 0.233. The van der Waals surface area contributed by atoms with Gasteiger partial charge in [-0.05, 0) is 43.0 Å². The standard InChI is InChI=1S/C23H21NO3/c1-14-3-5-16(6-4-14)19-12-18-20(9-15(2)10-21(18)25)24(19)17-7-8-22-23(11-17)27-13-26-22/h3-8,11-12,15H,9-10,13H2,1-2H3/t15-/m1/s1. The van der Waals surface area contributed by atoms with Gasteiger partial charge in [0.25, 0.3) is 0 Å². The number of ketones is 1. The number of benzene rings is 2. The van der Waals surface area contributed by atoms with Crippen LogP contribution < -0.4 is 9.47 Å². The van der Waals surface area contributed by atoms with Crippen molar-refractivity contribution in [1.29, 1.82) is 0 Å². The first-order valence-corrected chi connectivity index (χ1v) is 9.35. The molecule has 4 nitrogen and oxygen atoms in total. The van der Waals surface area contributed by atoms with E-state index in [1.807, 2.05) is 18.2 Å². The van der Waals surface area contributed by atoms with Crippen LogP contribution in [0.2, 0.25) is 0 Å². The predicted octanol–water partition coefficient (Wildman–Crippen LogP) is 4.95. The minimum Gasteiger partial charge on any atom is -0.454 e. The highest BCUT2D eigenvalue weighted by molar-refractivity contribution is 6.00. The van der Waals surface area contributed by atoms with Crippen LogP contribution in [0.15, 0.2) is 48.5 Å². The molecular weight excluding hydrogens is 338 g/mol. The zero-order valence-corrected chi connectivity index (χ0v) is 15.5. The smallest absolute Gasteiger partial charge is 0.231 e. The van der Waals surface area contributed by atoms with Crippen LogP contribution in [0.25, 0.3) is 16.9 Å². The molecule has 0 saturated heterocycles. The number of fused-ring (bicyclic) bond motifs is 2. The maximum Gasteiger partial charge on any atom is 0.231 e. The Bertz CT molecular complexity index is 1050. The van der Waals surface area contributed by atoms with Crippen LogP contribution in [0.3, 0.4) is 0 Å². The molecule has 0 fully saturated rings. The lowest BCUT2D eigenvalue weighted by Crippen LogP contribution is -2.19. The van der Waals surface area contributed by atoms with Crippen LogP contribution in [0.1, 0.15) is 35.0 Å². The Labute approximate surface area is 158 Å². The van der Waals surface area contributed by atoms with Gasteiger partial charge in [0, 0.05) is 29.4 Å². The average molecular weight is 359 g/mol. The van der Waals surface area contributed by atoms with Crippen LogP contribution in [0, 0.1) is 12.8 Å². The fraction of sp³-hybridized carbons (Fsp3) is 0.261. The Morgan fingerprint density at radius 2 is 1.74 bits per heavy atom. The van der Waals surface area contributed by atoms with Gasteiger partial charge < -0.3 is 14.0 Å². The second-order valence-corrected chi connectivity index (χ2v) is 7.57. The summed E-state index contributed by atoms with van der Waals surface area (Å²) in [5.74, 6) is 2.09. The van der Waals surface area contributed by atoms with Crippen molar-refractivity contribution in [3.8, 4) is 28.4 Å². The highest BCUT2D eigenvalue weighted by Gasteiger charge is 2.29. The van der Waals surface area contributed by atoms with Crippen molar-refractivity contribution in [3.63, 3.8) is 0 Å². The van der Waals surface area contributed by atoms with Gasteiger partial charge >= 0.3 is 0 Å². The molecule has 27 heavy (non-hydrogen) atoms. The summed E-state index contributed by atoms with van der Waals surface area (Å²) < 4.78 is 13.3. The molecule has 2 aromatic carbocycles. The van der Waals surface area contributed by atoms with Gasteiger partial charge in [0.2, 0.25) is 6.79 Å². The van der Waals surface area contributed by atoms with Gasteiger partial charge in [0.1, 0.15) is 0 Å². The topological polar surface area (TPSA) is 40.5 Å². The van der Waals surface area contributed by atoms with E-state index in [9.17, 15) is 4.79 Å². The molecule has 1 aliphatic carbocycles. The molecule has 0 spiro atoms. The van der Waals surface area contributed by atoms with E-state index in [-0.39, 0.29) is 12.6 Å². The first-order chi connectivity index (χ1) is 13.1. The number of carbonyl (C=O) groups excluding carboxylic acids is 1. The number of hydrogen-bond donors (Lipinski definition) is 0. The van der Waals surface area contributed by atoms with Crippen molar-refractivity contribution >= 4 is 5.78 Å². The third-order valence-electron chi connectivity index (χ3n) is 5.44. The van der Waals surface area contributed by atoms with E-state index in [0.717, 1.165) is 46.1 Å². The van der Waals surface area contributed by atoms with Crippen molar-refractivity contribution in [2.45, 2.75) is 26.7 Å². The third-order valence-corrected chi connectivity index (χ3v) is 5.44. The molecule has 0 unspecified atom stereocenters. The number of Topliss-reactive ketones (excluding diaryl/α,β-unsaturated/α-hetero) is 1. The average Bonchev–Trinajstić information content (AvgIpc) is 3.26. The van der Waals surface area contributed by atoms with Gasteiger partial charge in [-0.25, -0.2) is 0 Å². The first-order valence-electron chi connectivity index (χ1n) is 9.35. The largest absolute Gasteiger partial charge is 0.454 e. The monoisotopic (exact) mass is 359 g/mol. The molecule has 0 bridgehead atoms. The third kappa shape index (κ3) is 2.64. The van der Waals surface area contributed by atoms with Crippen molar-refractivity contribution in [1.82, 2.24) is 4.57 Å². The molecule has 4 heteroatoms. The number of ether oxygens (including phenoxy) is 2. The second kappa shape index (κ2) is 6.02. The minimum absolute atomic E-state index is 0.233. The molecule has 1 aliphatic heterocycles. The van der Waals surface area contributed by atoms with E-state index in [4.69, 9.17) is 9.47 Å². The number of aromatic nitrogens is 1. The van der Waals surface area contributed by atoms with Crippen LogP contribution >= 0.6 is 0 Å². The maximum absolute atomic E-state index is 12.7. The Morgan fingerprint density at radius 1 is 0.963 bits per heavy atom. The molecular formula is C23H21NO3. The summed E-state index contributed by atoms with van der Waals surface area (Å²) in [6.07, 6.45) is 1.51. The van der Waals surface area contributed by atoms with Gasteiger partial charge in [0.15, 0.2) is 17.3 Å². The number of hydrogen-bond acceptors (Lipinski definition) is 3. The maximum atomic E-state index is 12.7. The van der Waals surface area contributed by atoms with E-state index in [1.54, 1.807) is 0 Å². The normalized spacial score (nSPS) is 17.9. The molecule has 3 aromatic rings. The van der Waals surface area contributed by atoms with Gasteiger partial charge in [-0.3, -0.25) is 4.79 Å². The van der Waals surface area contributed by atoms with Gasteiger partial charge in [-0.2, -0.15) is 0 Å². The van der Waals surface area contributed by atoms with E-state index in [1.165, 1.54) is 5.56 Å². The Morgan fingerprint density at radius 3 is 2.56 bits per heavy atom. The van der Waals surface area contributed by atoms with Gasteiger partial charge in [-0.15, -0.1) is 0 Å². The van der Waals surface area contributed by atoms with E-state index in [0.29, 0.717) is 12.3 Å². The first kappa shape index (κ1) is 16.2. The molecule has 2 heterocycles. The Kier molecular flexibility index (Phi) is 3.61. The van der Waals surface area contributed by atoms with E-state index >= 15 is 0 Å². The van der Waals surface area contributed by atoms with Crippen molar-refractivity contribution < 1.29 is 14.3 Å². The summed E-state index contributed by atoms with van der Waals surface area (Å²) in [6, 6.07) is 16.5. The van der Waals surface area contributed by atoms with E-state index < -0.39 is 0 Å². The summed E-state index contributed by atoms with van der Waals surface area (Å²) in [7, 11) is 0. The van der Waals surface area contributed by atoms with Crippen molar-refractivity contribution in [2.75, 3.05) is 6.79 Å². The lowest BCUT2D eigenvalue weighted by molar-refractivity contribution is 0.0952. The lowest BCUT2D eigenvalue weighted by Gasteiger charge is -2.21. The zero-order chi connectivity index (χ0) is 18.5. The molecule has 1 aromatic heterocycles.